The summed E-state index contributed by atoms with van der Waals surface area (Å²) < 4.78 is 6.81. The molecular formula is C14H15N3O4. The molecule has 3 rings (SSSR count). The Morgan fingerprint density at radius 1 is 1.29 bits per heavy atom. The Morgan fingerprint density at radius 3 is 2.71 bits per heavy atom. The van der Waals surface area contributed by atoms with Crippen molar-refractivity contribution in [2.75, 3.05) is 7.11 Å². The highest BCUT2D eigenvalue weighted by Gasteiger charge is 2.32. The highest BCUT2D eigenvalue weighted by atomic mass is 16.5. The van der Waals surface area contributed by atoms with Crippen molar-refractivity contribution in [1.29, 1.82) is 0 Å². The van der Waals surface area contributed by atoms with E-state index in [2.05, 4.69) is 10.3 Å². The lowest BCUT2D eigenvalue weighted by atomic mass is 9.89. The third kappa shape index (κ3) is 2.01. The quantitative estimate of drug-likeness (QED) is 0.782. The summed E-state index contributed by atoms with van der Waals surface area (Å²) in [5.74, 6) is -0.606. The van der Waals surface area contributed by atoms with Gasteiger partial charge in [-0.15, -0.1) is 0 Å². The van der Waals surface area contributed by atoms with E-state index in [0.717, 1.165) is 0 Å². The summed E-state index contributed by atoms with van der Waals surface area (Å²) in [6, 6.07) is 3.46. The third-order valence-corrected chi connectivity index (χ3v) is 3.87. The Labute approximate surface area is 119 Å². The van der Waals surface area contributed by atoms with Gasteiger partial charge in [-0.3, -0.25) is 19.5 Å². The van der Waals surface area contributed by atoms with Crippen molar-refractivity contribution < 1.29 is 14.3 Å². The smallest absolute Gasteiger partial charge is 0.326 e. The number of ether oxygens (including phenoxy) is 1. The second-order valence-corrected chi connectivity index (χ2v) is 5.07. The number of aromatic nitrogens is 2. The summed E-state index contributed by atoms with van der Waals surface area (Å²) in [7, 11) is 3.15. The summed E-state index contributed by atoms with van der Waals surface area (Å²) >= 11 is 0. The monoisotopic (exact) mass is 289 g/mol. The number of aryl methyl sites for hydroxylation is 1. The number of hydrogen-bond donors (Lipinski definition) is 2. The molecule has 1 aliphatic heterocycles. The molecule has 1 atom stereocenters. The lowest BCUT2D eigenvalue weighted by Crippen LogP contribution is -2.39. The van der Waals surface area contributed by atoms with Gasteiger partial charge < -0.3 is 9.72 Å². The first-order chi connectivity index (χ1) is 10.0. The number of hydrogen-bond acceptors (Lipinski definition) is 4. The number of amides is 2. The largest absolute Gasteiger partial charge is 0.496 e. The SMILES string of the molecule is COc1ccc2[nH]c(=O)n(C)c2c1C1CCC(=O)NC1=O. The molecule has 110 valence electrons. The molecule has 1 saturated heterocycles. The van der Waals surface area contributed by atoms with Crippen LogP contribution in [0.2, 0.25) is 0 Å². The molecule has 1 aromatic carbocycles. The number of rotatable bonds is 2. The summed E-state index contributed by atoms with van der Waals surface area (Å²) in [5.41, 5.74) is 1.66. The first-order valence-corrected chi connectivity index (χ1v) is 6.62. The minimum Gasteiger partial charge on any atom is -0.496 e. The molecule has 2 heterocycles. The minimum absolute atomic E-state index is 0.258. The highest BCUT2D eigenvalue weighted by molar-refractivity contribution is 6.03. The van der Waals surface area contributed by atoms with Gasteiger partial charge in [0.2, 0.25) is 11.8 Å². The molecule has 2 amide bonds. The van der Waals surface area contributed by atoms with Crippen molar-refractivity contribution in [3.8, 4) is 5.75 Å². The number of carbonyl (C=O) groups is 2. The number of aromatic amines is 1. The molecule has 2 aromatic rings. The molecule has 2 N–H and O–H groups in total. The van der Waals surface area contributed by atoms with Gasteiger partial charge in [0.25, 0.3) is 0 Å². The fourth-order valence-corrected chi connectivity index (χ4v) is 2.84. The molecule has 21 heavy (non-hydrogen) atoms. The number of carbonyl (C=O) groups excluding carboxylic acids is 2. The normalized spacial score (nSPS) is 18.9. The molecule has 7 nitrogen and oxygen atoms in total. The van der Waals surface area contributed by atoms with E-state index in [1.165, 1.54) is 11.7 Å². The summed E-state index contributed by atoms with van der Waals surface area (Å²) in [5, 5.41) is 2.34. The second-order valence-electron chi connectivity index (χ2n) is 5.07. The zero-order valence-electron chi connectivity index (χ0n) is 11.7. The van der Waals surface area contributed by atoms with Crippen LogP contribution in [0.1, 0.15) is 24.3 Å². The van der Waals surface area contributed by atoms with E-state index in [1.807, 2.05) is 0 Å². The van der Waals surface area contributed by atoms with Crippen LogP contribution in [0.3, 0.4) is 0 Å². The summed E-state index contributed by atoms with van der Waals surface area (Å²) in [4.78, 5) is 38.0. The van der Waals surface area contributed by atoms with E-state index in [0.29, 0.717) is 28.8 Å². The van der Waals surface area contributed by atoms with Crippen molar-refractivity contribution in [3.05, 3.63) is 28.2 Å². The zero-order chi connectivity index (χ0) is 15.1. The van der Waals surface area contributed by atoms with Crippen LogP contribution in [0.4, 0.5) is 0 Å². The van der Waals surface area contributed by atoms with Gasteiger partial charge in [-0.2, -0.15) is 0 Å². The van der Waals surface area contributed by atoms with E-state index in [1.54, 1.807) is 19.2 Å². The number of fused-ring (bicyclic) bond motifs is 1. The number of imidazole rings is 1. The predicted molar refractivity (Wildman–Crippen MR) is 75.2 cm³/mol. The average Bonchev–Trinajstić information content (AvgIpc) is 2.74. The summed E-state index contributed by atoms with van der Waals surface area (Å²) in [6.07, 6.45) is 0.674. The zero-order valence-corrected chi connectivity index (χ0v) is 11.7. The van der Waals surface area contributed by atoms with Crippen LogP contribution >= 0.6 is 0 Å². The maximum Gasteiger partial charge on any atom is 0.326 e. The van der Waals surface area contributed by atoms with E-state index in [4.69, 9.17) is 4.74 Å². The number of methoxy groups -OCH3 is 1. The van der Waals surface area contributed by atoms with E-state index < -0.39 is 5.92 Å². The van der Waals surface area contributed by atoms with Crippen LogP contribution in [0.5, 0.6) is 5.75 Å². The molecule has 0 spiro atoms. The lowest BCUT2D eigenvalue weighted by molar-refractivity contribution is -0.134. The van der Waals surface area contributed by atoms with Crippen LogP contribution < -0.4 is 15.7 Å². The minimum atomic E-state index is -0.511. The molecule has 0 saturated carbocycles. The lowest BCUT2D eigenvalue weighted by Gasteiger charge is -2.23. The van der Waals surface area contributed by atoms with Gasteiger partial charge in [0.15, 0.2) is 0 Å². The van der Waals surface area contributed by atoms with Crippen LogP contribution in [0, 0.1) is 0 Å². The van der Waals surface area contributed by atoms with E-state index in [-0.39, 0.29) is 23.9 Å². The Balaban J connectivity index is 2.26. The number of nitrogens with zero attached hydrogens (tertiary/aromatic N) is 1. The highest BCUT2D eigenvalue weighted by Crippen LogP contribution is 2.36. The van der Waals surface area contributed by atoms with Gasteiger partial charge >= 0.3 is 5.69 Å². The van der Waals surface area contributed by atoms with Gasteiger partial charge in [-0.05, 0) is 18.6 Å². The number of imide groups is 1. The number of benzene rings is 1. The van der Waals surface area contributed by atoms with Crippen molar-refractivity contribution in [3.63, 3.8) is 0 Å². The first kappa shape index (κ1) is 13.4. The van der Waals surface area contributed by atoms with Crippen molar-refractivity contribution in [2.45, 2.75) is 18.8 Å². The number of nitrogens with one attached hydrogen (secondary N) is 2. The molecule has 1 unspecified atom stereocenters. The summed E-state index contributed by atoms with van der Waals surface area (Å²) in [6.45, 7) is 0. The second kappa shape index (κ2) is 4.76. The molecule has 1 aliphatic rings. The van der Waals surface area contributed by atoms with Gasteiger partial charge in [0.05, 0.1) is 24.1 Å². The Hall–Kier alpha value is -2.57. The average molecular weight is 289 g/mol. The van der Waals surface area contributed by atoms with Crippen LogP contribution in [0.15, 0.2) is 16.9 Å². The Bertz CT molecular complexity index is 802. The number of H-pyrrole nitrogens is 1. The molecule has 0 aliphatic carbocycles. The molecule has 1 aromatic heterocycles. The topological polar surface area (TPSA) is 93.2 Å². The standard InChI is InChI=1S/C14H15N3O4/c1-17-12-8(15-14(17)20)4-5-9(21-2)11(12)7-3-6-10(18)16-13(7)19/h4-5,7H,3,6H2,1-2H3,(H,15,20)(H,16,18,19). The fraction of sp³-hybridized carbons (Fsp3) is 0.357. The Kier molecular flexibility index (Phi) is 3.04. The third-order valence-electron chi connectivity index (χ3n) is 3.87. The molecular weight excluding hydrogens is 274 g/mol. The van der Waals surface area contributed by atoms with E-state index >= 15 is 0 Å². The maximum absolute atomic E-state index is 12.1. The van der Waals surface area contributed by atoms with Crippen molar-refractivity contribution in [2.24, 2.45) is 7.05 Å². The first-order valence-electron chi connectivity index (χ1n) is 6.62. The van der Waals surface area contributed by atoms with Crippen molar-refractivity contribution in [1.82, 2.24) is 14.9 Å². The predicted octanol–water partition coefficient (Wildman–Crippen LogP) is 0.395. The molecule has 1 fully saturated rings. The van der Waals surface area contributed by atoms with Gasteiger partial charge in [0.1, 0.15) is 5.75 Å². The van der Waals surface area contributed by atoms with Crippen LogP contribution in [-0.4, -0.2) is 28.5 Å². The fourth-order valence-electron chi connectivity index (χ4n) is 2.84. The number of piperidine rings is 1. The van der Waals surface area contributed by atoms with Crippen molar-refractivity contribution >= 4 is 22.8 Å². The molecule has 0 bridgehead atoms. The van der Waals surface area contributed by atoms with Crippen LogP contribution in [0.25, 0.3) is 11.0 Å². The van der Waals surface area contributed by atoms with Crippen LogP contribution in [-0.2, 0) is 16.6 Å². The maximum atomic E-state index is 12.1. The van der Waals surface area contributed by atoms with Gasteiger partial charge in [0, 0.05) is 19.0 Å². The molecule has 0 radical (unpaired) electrons. The molecule has 7 heteroatoms. The van der Waals surface area contributed by atoms with Gasteiger partial charge in [-0.25, -0.2) is 4.79 Å². The van der Waals surface area contributed by atoms with E-state index in [9.17, 15) is 14.4 Å². The Morgan fingerprint density at radius 2 is 2.05 bits per heavy atom. The van der Waals surface area contributed by atoms with Gasteiger partial charge in [-0.1, -0.05) is 0 Å².